The van der Waals surface area contributed by atoms with E-state index in [1.165, 1.54) is 6.08 Å². The van der Waals surface area contributed by atoms with E-state index < -0.39 is 0 Å². The van der Waals surface area contributed by atoms with Crippen molar-refractivity contribution in [1.29, 1.82) is 0 Å². The molecule has 0 saturated carbocycles. The van der Waals surface area contributed by atoms with Gasteiger partial charge < -0.3 is 4.98 Å². The summed E-state index contributed by atoms with van der Waals surface area (Å²) in [5.41, 5.74) is 1.71. The zero-order valence-corrected chi connectivity index (χ0v) is 8.97. The molecule has 2 aromatic rings. The zero-order valence-electron chi connectivity index (χ0n) is 8.97. The van der Waals surface area contributed by atoms with Crippen LogP contribution in [-0.2, 0) is 0 Å². The van der Waals surface area contributed by atoms with Crippen LogP contribution in [0.4, 0.5) is 0 Å². The average Bonchev–Trinajstić information content (AvgIpc) is 2.79. The summed E-state index contributed by atoms with van der Waals surface area (Å²) in [5.74, 6) is 0.677. The number of ketones is 1. The normalized spacial score (nSPS) is 10.8. The first-order valence-electron chi connectivity index (χ1n) is 5.05. The lowest BCUT2D eigenvalue weighted by Gasteiger charge is -1.99. The molecule has 16 heavy (non-hydrogen) atoms. The number of benzene rings is 1. The van der Waals surface area contributed by atoms with Crippen molar-refractivity contribution in [3.8, 4) is 0 Å². The molecule has 0 atom stereocenters. The number of aryl methyl sites for hydroxylation is 1. The van der Waals surface area contributed by atoms with Gasteiger partial charge in [0.25, 0.3) is 0 Å². The minimum absolute atomic E-state index is 0.00509. The van der Waals surface area contributed by atoms with Gasteiger partial charge in [0.05, 0.1) is 0 Å². The van der Waals surface area contributed by atoms with E-state index in [1.54, 1.807) is 18.5 Å². The molecule has 0 aliphatic rings. The molecule has 1 aromatic carbocycles. The molecule has 3 heteroatoms. The number of nitrogens with one attached hydrogen (secondary N) is 1. The number of hydrogen-bond acceptors (Lipinski definition) is 2. The number of rotatable bonds is 3. The van der Waals surface area contributed by atoms with E-state index >= 15 is 0 Å². The highest BCUT2D eigenvalue weighted by Gasteiger charge is 2.03. The molecule has 0 radical (unpaired) electrons. The van der Waals surface area contributed by atoms with Crippen LogP contribution in [0.2, 0.25) is 0 Å². The van der Waals surface area contributed by atoms with Gasteiger partial charge in [0.2, 0.25) is 0 Å². The molecule has 3 nitrogen and oxygen atoms in total. The van der Waals surface area contributed by atoms with Crippen LogP contribution in [0.15, 0.2) is 42.7 Å². The van der Waals surface area contributed by atoms with Crippen molar-refractivity contribution in [3.05, 3.63) is 59.7 Å². The van der Waals surface area contributed by atoms with Gasteiger partial charge in [-0.3, -0.25) is 4.79 Å². The number of nitrogens with zero attached hydrogens (tertiary/aromatic N) is 1. The number of carbonyl (C=O) groups is 1. The number of imidazole rings is 1. The molecule has 1 heterocycles. The van der Waals surface area contributed by atoms with Crippen molar-refractivity contribution in [2.45, 2.75) is 6.92 Å². The van der Waals surface area contributed by atoms with Crippen LogP contribution < -0.4 is 0 Å². The topological polar surface area (TPSA) is 45.8 Å². The third-order valence-electron chi connectivity index (χ3n) is 2.32. The summed E-state index contributed by atoms with van der Waals surface area (Å²) in [6.07, 6.45) is 6.58. The van der Waals surface area contributed by atoms with Crippen LogP contribution in [0.1, 0.15) is 21.7 Å². The van der Waals surface area contributed by atoms with Gasteiger partial charge in [-0.1, -0.05) is 24.3 Å². The number of aromatic nitrogens is 2. The molecule has 0 spiro atoms. The first-order chi connectivity index (χ1) is 7.77. The summed E-state index contributed by atoms with van der Waals surface area (Å²) in [4.78, 5) is 18.8. The predicted octanol–water partition coefficient (Wildman–Crippen LogP) is 2.61. The Labute approximate surface area is 93.8 Å². The number of allylic oxidation sites excluding steroid dienone is 1. The fourth-order valence-corrected chi connectivity index (χ4v) is 1.46. The van der Waals surface area contributed by atoms with Gasteiger partial charge in [-0.2, -0.15) is 0 Å². The molecule has 80 valence electrons. The number of carbonyl (C=O) groups excluding carboxylic acids is 1. The quantitative estimate of drug-likeness (QED) is 0.628. The summed E-state index contributed by atoms with van der Waals surface area (Å²) < 4.78 is 0. The summed E-state index contributed by atoms with van der Waals surface area (Å²) >= 11 is 0. The van der Waals surface area contributed by atoms with Gasteiger partial charge in [0.1, 0.15) is 5.82 Å². The Morgan fingerprint density at radius 1 is 1.38 bits per heavy atom. The molecular formula is C13H12N2O. The van der Waals surface area contributed by atoms with Crippen molar-refractivity contribution < 1.29 is 4.79 Å². The highest BCUT2D eigenvalue weighted by Crippen LogP contribution is 2.09. The molecule has 0 fully saturated rings. The standard InChI is InChI=1S/C13H12N2O/c1-10-4-2-3-5-11(10)12(16)6-7-13-14-8-9-15-13/h2-9H,1H3,(H,14,15)/b7-6+. The second-order valence-corrected chi connectivity index (χ2v) is 3.49. The Morgan fingerprint density at radius 3 is 2.88 bits per heavy atom. The lowest BCUT2D eigenvalue weighted by molar-refractivity contribution is 0.104. The SMILES string of the molecule is Cc1ccccc1C(=O)/C=C/c1ncc[nH]1. The fraction of sp³-hybridized carbons (Fsp3) is 0.0769. The van der Waals surface area contributed by atoms with Gasteiger partial charge in [0.15, 0.2) is 5.78 Å². The minimum Gasteiger partial charge on any atom is -0.345 e. The summed E-state index contributed by atoms with van der Waals surface area (Å²) in [7, 11) is 0. The van der Waals surface area contributed by atoms with E-state index in [0.29, 0.717) is 5.82 Å². The Bertz CT molecular complexity index is 512. The van der Waals surface area contributed by atoms with Crippen LogP contribution in [0.25, 0.3) is 6.08 Å². The Hall–Kier alpha value is -2.16. The van der Waals surface area contributed by atoms with Gasteiger partial charge in [-0.25, -0.2) is 4.98 Å². The van der Waals surface area contributed by atoms with E-state index in [-0.39, 0.29) is 5.78 Å². The summed E-state index contributed by atoms with van der Waals surface area (Å²) in [6, 6.07) is 7.53. The lowest BCUT2D eigenvalue weighted by atomic mass is 10.0. The Balaban J connectivity index is 2.18. The molecular weight excluding hydrogens is 200 g/mol. The van der Waals surface area contributed by atoms with E-state index in [9.17, 15) is 4.79 Å². The van der Waals surface area contributed by atoms with Crippen molar-refractivity contribution in [1.82, 2.24) is 9.97 Å². The van der Waals surface area contributed by atoms with Crippen molar-refractivity contribution >= 4 is 11.9 Å². The molecule has 0 unspecified atom stereocenters. The van der Waals surface area contributed by atoms with E-state index in [4.69, 9.17) is 0 Å². The van der Waals surface area contributed by atoms with Crippen molar-refractivity contribution in [2.24, 2.45) is 0 Å². The largest absolute Gasteiger partial charge is 0.345 e. The summed E-state index contributed by atoms with van der Waals surface area (Å²) in [5, 5.41) is 0. The molecule has 2 rings (SSSR count). The van der Waals surface area contributed by atoms with E-state index in [1.807, 2.05) is 31.2 Å². The van der Waals surface area contributed by atoms with E-state index in [2.05, 4.69) is 9.97 Å². The highest BCUT2D eigenvalue weighted by atomic mass is 16.1. The molecule has 0 aliphatic carbocycles. The maximum Gasteiger partial charge on any atom is 0.186 e. The lowest BCUT2D eigenvalue weighted by Crippen LogP contribution is -1.97. The molecule has 0 amide bonds. The predicted molar refractivity (Wildman–Crippen MR) is 63.1 cm³/mol. The molecule has 1 N–H and O–H groups in total. The number of aromatic amines is 1. The number of H-pyrrole nitrogens is 1. The first-order valence-corrected chi connectivity index (χ1v) is 5.05. The smallest absolute Gasteiger partial charge is 0.186 e. The summed E-state index contributed by atoms with van der Waals surface area (Å²) in [6.45, 7) is 1.92. The molecule has 1 aromatic heterocycles. The van der Waals surface area contributed by atoms with Crippen molar-refractivity contribution in [3.63, 3.8) is 0 Å². The zero-order chi connectivity index (χ0) is 11.4. The monoisotopic (exact) mass is 212 g/mol. The molecule has 0 saturated heterocycles. The van der Waals surface area contributed by atoms with E-state index in [0.717, 1.165) is 11.1 Å². The average molecular weight is 212 g/mol. The molecule has 0 aliphatic heterocycles. The minimum atomic E-state index is -0.00509. The van der Waals surface area contributed by atoms with Crippen molar-refractivity contribution in [2.75, 3.05) is 0 Å². The Morgan fingerprint density at radius 2 is 2.19 bits per heavy atom. The highest BCUT2D eigenvalue weighted by molar-refractivity contribution is 6.07. The van der Waals surface area contributed by atoms with Crippen LogP contribution in [0.5, 0.6) is 0 Å². The van der Waals surface area contributed by atoms with Gasteiger partial charge in [-0.15, -0.1) is 0 Å². The Kier molecular flexibility index (Phi) is 2.96. The van der Waals surface area contributed by atoms with Crippen LogP contribution in [0, 0.1) is 6.92 Å². The second kappa shape index (κ2) is 4.57. The van der Waals surface area contributed by atoms with Crippen LogP contribution >= 0.6 is 0 Å². The van der Waals surface area contributed by atoms with Gasteiger partial charge in [-0.05, 0) is 24.6 Å². The van der Waals surface area contributed by atoms with Gasteiger partial charge in [0, 0.05) is 18.0 Å². The first kappa shape index (κ1) is 10.4. The molecule has 0 bridgehead atoms. The fourth-order valence-electron chi connectivity index (χ4n) is 1.46. The maximum atomic E-state index is 11.8. The number of hydrogen-bond donors (Lipinski definition) is 1. The van der Waals surface area contributed by atoms with Crippen LogP contribution in [0.3, 0.4) is 0 Å². The second-order valence-electron chi connectivity index (χ2n) is 3.49. The third-order valence-corrected chi connectivity index (χ3v) is 2.32. The van der Waals surface area contributed by atoms with Crippen LogP contribution in [-0.4, -0.2) is 15.8 Å². The maximum absolute atomic E-state index is 11.8. The van der Waals surface area contributed by atoms with Gasteiger partial charge >= 0.3 is 0 Å². The third kappa shape index (κ3) is 2.25.